The highest BCUT2D eigenvalue weighted by molar-refractivity contribution is 14.1. The van der Waals surface area contributed by atoms with Gasteiger partial charge in [0.2, 0.25) is 0 Å². The Morgan fingerprint density at radius 3 is 2.19 bits per heavy atom. The summed E-state index contributed by atoms with van der Waals surface area (Å²) in [6, 6.07) is 23.1. The van der Waals surface area contributed by atoms with Crippen molar-refractivity contribution in [2.24, 2.45) is 0 Å². The highest BCUT2D eigenvalue weighted by atomic mass is 127. The Balaban J connectivity index is 1.86. The van der Waals surface area contributed by atoms with E-state index >= 15 is 0 Å². The second-order valence-corrected chi connectivity index (χ2v) is 8.78. The van der Waals surface area contributed by atoms with Crippen molar-refractivity contribution in [1.82, 2.24) is 0 Å². The quantitative estimate of drug-likeness (QED) is 0.517. The number of hydrogen-bond acceptors (Lipinski definition) is 3. The van der Waals surface area contributed by atoms with E-state index in [1.807, 2.05) is 30.3 Å². The molecule has 0 fully saturated rings. The zero-order valence-electron chi connectivity index (χ0n) is 13.8. The first kappa shape index (κ1) is 18.9. The lowest BCUT2D eigenvalue weighted by Crippen LogP contribution is -2.15. The number of aliphatic hydroxyl groups is 1. The van der Waals surface area contributed by atoms with Crippen LogP contribution in [0.25, 0.3) is 0 Å². The zero-order valence-corrected chi connectivity index (χ0v) is 16.8. The van der Waals surface area contributed by atoms with Crippen LogP contribution >= 0.6 is 22.6 Å². The third-order valence-corrected chi connectivity index (χ3v) is 6.06. The van der Waals surface area contributed by atoms with Gasteiger partial charge in [0.05, 0.1) is 16.7 Å². The number of sulfonamides is 1. The Kier molecular flexibility index (Phi) is 5.95. The maximum absolute atomic E-state index is 12.7. The van der Waals surface area contributed by atoms with Gasteiger partial charge < -0.3 is 5.11 Å². The Bertz CT molecular complexity index is 973. The first-order valence-corrected chi connectivity index (χ1v) is 10.6. The first-order chi connectivity index (χ1) is 12.5. The van der Waals surface area contributed by atoms with Crippen molar-refractivity contribution >= 4 is 38.3 Å². The van der Waals surface area contributed by atoms with Crippen LogP contribution in [0.5, 0.6) is 0 Å². The predicted octanol–water partition coefficient (Wildman–Crippen LogP) is 4.37. The van der Waals surface area contributed by atoms with Gasteiger partial charge in [-0.15, -0.1) is 0 Å². The van der Waals surface area contributed by atoms with Crippen molar-refractivity contribution in [3.05, 3.63) is 93.6 Å². The molecule has 0 spiro atoms. The van der Waals surface area contributed by atoms with Gasteiger partial charge in [0.15, 0.2) is 0 Å². The van der Waals surface area contributed by atoms with Gasteiger partial charge in [-0.3, -0.25) is 4.72 Å². The molecular weight excluding hydrogens is 461 g/mol. The van der Waals surface area contributed by atoms with Gasteiger partial charge in [0.25, 0.3) is 10.0 Å². The molecule has 6 heteroatoms. The molecule has 0 saturated carbocycles. The molecule has 1 unspecified atom stereocenters. The van der Waals surface area contributed by atoms with E-state index in [1.54, 1.807) is 48.5 Å². The summed E-state index contributed by atoms with van der Waals surface area (Å²) < 4.78 is 28.9. The van der Waals surface area contributed by atoms with E-state index in [2.05, 4.69) is 27.3 Å². The summed E-state index contributed by atoms with van der Waals surface area (Å²) in [5.41, 5.74) is 1.91. The van der Waals surface area contributed by atoms with Crippen LogP contribution in [0, 0.1) is 3.57 Å². The van der Waals surface area contributed by atoms with Crippen LogP contribution in [0.1, 0.15) is 17.2 Å². The van der Waals surface area contributed by atoms with Crippen LogP contribution in [0.4, 0.5) is 5.69 Å². The summed E-state index contributed by atoms with van der Waals surface area (Å²) in [6.45, 7) is 0. The smallest absolute Gasteiger partial charge is 0.261 e. The number of nitrogens with one attached hydrogen (secondary N) is 1. The maximum Gasteiger partial charge on any atom is 0.261 e. The lowest BCUT2D eigenvalue weighted by molar-refractivity contribution is 0.179. The normalized spacial score (nSPS) is 12.5. The third kappa shape index (κ3) is 4.63. The van der Waals surface area contributed by atoms with Crippen LogP contribution < -0.4 is 4.72 Å². The molecular formula is C20H18INO3S. The van der Waals surface area contributed by atoms with Crippen molar-refractivity contribution in [1.29, 1.82) is 0 Å². The number of aliphatic hydroxyl groups excluding tert-OH is 1. The molecule has 3 rings (SSSR count). The molecule has 0 amide bonds. The van der Waals surface area contributed by atoms with Gasteiger partial charge in [0.1, 0.15) is 0 Å². The Labute approximate surface area is 167 Å². The fraction of sp³-hybridized carbons (Fsp3) is 0.100. The molecule has 0 bridgehead atoms. The number of hydrogen-bond donors (Lipinski definition) is 2. The van der Waals surface area contributed by atoms with Crippen LogP contribution in [-0.2, 0) is 16.4 Å². The molecule has 3 aromatic carbocycles. The zero-order chi connectivity index (χ0) is 18.6. The lowest BCUT2D eigenvalue weighted by atomic mass is 10.0. The molecule has 0 radical (unpaired) electrons. The average Bonchev–Trinajstić information content (AvgIpc) is 2.63. The van der Waals surface area contributed by atoms with Gasteiger partial charge in [0, 0.05) is 15.6 Å². The first-order valence-electron chi connectivity index (χ1n) is 8.05. The van der Waals surface area contributed by atoms with E-state index in [9.17, 15) is 13.5 Å². The minimum atomic E-state index is -3.72. The SMILES string of the molecule is O=S(=O)(Nc1ccccc1C(O)Cc1ccccc1)c1ccc(I)cc1. The number of rotatable bonds is 6. The topological polar surface area (TPSA) is 66.4 Å². The fourth-order valence-electron chi connectivity index (χ4n) is 2.65. The summed E-state index contributed by atoms with van der Waals surface area (Å²) in [7, 11) is -3.72. The molecule has 0 aliphatic rings. The second kappa shape index (κ2) is 8.20. The van der Waals surface area contributed by atoms with E-state index in [1.165, 1.54) is 0 Å². The molecule has 0 aromatic heterocycles. The Morgan fingerprint density at radius 2 is 1.50 bits per heavy atom. The summed E-state index contributed by atoms with van der Waals surface area (Å²) in [5, 5.41) is 10.6. The molecule has 0 aliphatic carbocycles. The number of anilines is 1. The molecule has 0 aliphatic heterocycles. The van der Waals surface area contributed by atoms with E-state index in [0.717, 1.165) is 9.13 Å². The Hall–Kier alpha value is -1.90. The van der Waals surface area contributed by atoms with E-state index in [4.69, 9.17) is 0 Å². The highest BCUT2D eigenvalue weighted by Crippen LogP contribution is 2.28. The summed E-state index contributed by atoms with van der Waals surface area (Å²) in [4.78, 5) is 0.185. The average molecular weight is 479 g/mol. The molecule has 134 valence electrons. The van der Waals surface area contributed by atoms with Gasteiger partial charge in [-0.25, -0.2) is 8.42 Å². The van der Waals surface area contributed by atoms with Gasteiger partial charge in [-0.1, -0.05) is 48.5 Å². The summed E-state index contributed by atoms with van der Waals surface area (Å²) in [5.74, 6) is 0. The van der Waals surface area contributed by atoms with E-state index in [-0.39, 0.29) is 4.90 Å². The van der Waals surface area contributed by atoms with Crippen molar-refractivity contribution in [3.8, 4) is 0 Å². The molecule has 3 aromatic rings. The minimum absolute atomic E-state index is 0.185. The molecule has 1 atom stereocenters. The molecule has 26 heavy (non-hydrogen) atoms. The number of halogens is 1. The fourth-order valence-corrected chi connectivity index (χ4v) is 4.09. The number of benzene rings is 3. The maximum atomic E-state index is 12.7. The van der Waals surface area contributed by atoms with Crippen molar-refractivity contribution < 1.29 is 13.5 Å². The minimum Gasteiger partial charge on any atom is -0.388 e. The third-order valence-electron chi connectivity index (χ3n) is 3.96. The summed E-state index contributed by atoms with van der Waals surface area (Å²) >= 11 is 2.12. The van der Waals surface area contributed by atoms with Gasteiger partial charge >= 0.3 is 0 Å². The van der Waals surface area contributed by atoms with E-state index < -0.39 is 16.1 Å². The molecule has 0 heterocycles. The highest BCUT2D eigenvalue weighted by Gasteiger charge is 2.19. The van der Waals surface area contributed by atoms with Crippen LogP contribution in [-0.4, -0.2) is 13.5 Å². The second-order valence-electron chi connectivity index (χ2n) is 5.85. The van der Waals surface area contributed by atoms with Crippen molar-refractivity contribution in [3.63, 3.8) is 0 Å². The molecule has 0 saturated heterocycles. The lowest BCUT2D eigenvalue weighted by Gasteiger charge is -2.17. The largest absolute Gasteiger partial charge is 0.388 e. The Morgan fingerprint density at radius 1 is 0.885 bits per heavy atom. The van der Waals surface area contributed by atoms with Gasteiger partial charge in [-0.2, -0.15) is 0 Å². The standard InChI is InChI=1S/C20H18INO3S/c21-16-10-12-17(13-11-16)26(24,25)22-19-9-5-4-8-18(19)20(23)14-15-6-2-1-3-7-15/h1-13,20,22-23H,14H2. The monoisotopic (exact) mass is 479 g/mol. The molecule has 4 nitrogen and oxygen atoms in total. The summed E-state index contributed by atoms with van der Waals surface area (Å²) in [6.07, 6.45) is -0.406. The number of para-hydroxylation sites is 1. The van der Waals surface area contributed by atoms with Crippen molar-refractivity contribution in [2.45, 2.75) is 17.4 Å². The van der Waals surface area contributed by atoms with Crippen LogP contribution in [0.3, 0.4) is 0 Å². The molecule has 2 N–H and O–H groups in total. The van der Waals surface area contributed by atoms with Gasteiger partial charge in [-0.05, 0) is 58.5 Å². The van der Waals surface area contributed by atoms with Crippen molar-refractivity contribution in [2.75, 3.05) is 4.72 Å². The predicted molar refractivity (Wildman–Crippen MR) is 112 cm³/mol. The van der Waals surface area contributed by atoms with E-state index in [0.29, 0.717) is 17.7 Å². The van der Waals surface area contributed by atoms with Crippen LogP contribution in [0.15, 0.2) is 83.8 Å². The van der Waals surface area contributed by atoms with Crippen LogP contribution in [0.2, 0.25) is 0 Å².